The number of nitrogens with one attached hydrogen (secondary N) is 2. The Hall–Kier alpha value is -2.42. The number of hydrogen-bond donors (Lipinski definition) is 2. The Bertz CT molecular complexity index is 521. The summed E-state index contributed by atoms with van der Waals surface area (Å²) in [6.45, 7) is 0. The number of nitrogens with zero attached hydrogens (tertiary/aromatic N) is 1. The van der Waals surface area contributed by atoms with E-state index in [1.165, 1.54) is 12.1 Å². The largest absolute Gasteiger partial charge is 0.322 e. The minimum Gasteiger partial charge on any atom is -0.322 e. The zero-order chi connectivity index (χ0) is 11.7. The fraction of sp³-hybridized carbons (Fsp3) is 0.100. The van der Waals surface area contributed by atoms with Crippen LogP contribution in [0.1, 0.15) is 17.2 Å². The maximum atomic E-state index is 13.0. The minimum atomic E-state index is -0.861. The summed E-state index contributed by atoms with van der Waals surface area (Å²) in [6.07, 6.45) is 0. The van der Waals surface area contributed by atoms with Crippen molar-refractivity contribution in [3.05, 3.63) is 35.1 Å². The Morgan fingerprint density at radius 2 is 2.12 bits per heavy atom. The molecule has 2 N–H and O–H groups in total. The number of benzene rings is 1. The van der Waals surface area contributed by atoms with E-state index >= 15 is 0 Å². The first-order chi connectivity index (χ1) is 7.61. The van der Waals surface area contributed by atoms with Crippen molar-refractivity contribution >= 4 is 11.9 Å². The van der Waals surface area contributed by atoms with Crippen LogP contribution in [0.25, 0.3) is 0 Å². The Morgan fingerprint density at radius 3 is 2.69 bits per heavy atom. The highest BCUT2D eigenvalue weighted by molar-refractivity contribution is 6.04. The highest BCUT2D eigenvalue weighted by atomic mass is 19.1. The monoisotopic (exact) mass is 219 g/mol. The lowest BCUT2D eigenvalue weighted by atomic mass is 10.0. The molecule has 1 heterocycles. The molecule has 5 nitrogen and oxygen atoms in total. The topological polar surface area (TPSA) is 82.0 Å². The van der Waals surface area contributed by atoms with Gasteiger partial charge in [0.15, 0.2) is 0 Å². The van der Waals surface area contributed by atoms with Crippen LogP contribution in [-0.4, -0.2) is 11.9 Å². The smallest absolute Gasteiger partial charge is 0.322 e. The number of hydrogen-bond acceptors (Lipinski definition) is 3. The lowest BCUT2D eigenvalue weighted by molar-refractivity contribution is -0.120. The molecule has 1 unspecified atom stereocenters. The van der Waals surface area contributed by atoms with E-state index in [1.807, 2.05) is 0 Å². The van der Waals surface area contributed by atoms with Crippen LogP contribution in [0.4, 0.5) is 9.18 Å². The molecule has 80 valence electrons. The number of imide groups is 1. The summed E-state index contributed by atoms with van der Waals surface area (Å²) >= 11 is 0. The van der Waals surface area contributed by atoms with E-state index in [4.69, 9.17) is 5.26 Å². The fourth-order valence-electron chi connectivity index (χ4n) is 1.46. The number of urea groups is 1. The zero-order valence-electron chi connectivity index (χ0n) is 7.95. The van der Waals surface area contributed by atoms with Crippen molar-refractivity contribution in [2.24, 2.45) is 0 Å². The Labute approximate surface area is 89.9 Å². The molecule has 0 bridgehead atoms. The van der Waals surface area contributed by atoms with Gasteiger partial charge in [-0.2, -0.15) is 5.26 Å². The predicted molar refractivity (Wildman–Crippen MR) is 50.5 cm³/mol. The van der Waals surface area contributed by atoms with E-state index in [0.29, 0.717) is 5.56 Å². The second kappa shape index (κ2) is 3.62. The molecule has 16 heavy (non-hydrogen) atoms. The summed E-state index contributed by atoms with van der Waals surface area (Å²) < 4.78 is 13.0. The number of rotatable bonds is 1. The van der Waals surface area contributed by atoms with Gasteiger partial charge in [-0.3, -0.25) is 10.1 Å². The van der Waals surface area contributed by atoms with Crippen molar-refractivity contribution < 1.29 is 14.0 Å². The molecule has 6 heteroatoms. The van der Waals surface area contributed by atoms with Gasteiger partial charge in [0.1, 0.15) is 17.9 Å². The minimum absolute atomic E-state index is 0.161. The normalized spacial score (nSPS) is 18.9. The van der Waals surface area contributed by atoms with E-state index in [9.17, 15) is 14.0 Å². The SMILES string of the molecule is N#Cc1cc(C2NC(=O)NC2=O)ccc1F. The van der Waals surface area contributed by atoms with Gasteiger partial charge in [-0.25, -0.2) is 9.18 Å². The fourth-order valence-corrected chi connectivity index (χ4v) is 1.46. The van der Waals surface area contributed by atoms with Gasteiger partial charge in [0, 0.05) is 0 Å². The van der Waals surface area contributed by atoms with Crippen LogP contribution in [0, 0.1) is 17.1 Å². The van der Waals surface area contributed by atoms with Gasteiger partial charge in [-0.15, -0.1) is 0 Å². The number of halogens is 1. The first-order valence-corrected chi connectivity index (χ1v) is 4.42. The van der Waals surface area contributed by atoms with Crippen LogP contribution in [0.3, 0.4) is 0 Å². The molecule has 0 spiro atoms. The summed E-state index contributed by atoms with van der Waals surface area (Å²) in [4.78, 5) is 22.2. The molecular weight excluding hydrogens is 213 g/mol. The average molecular weight is 219 g/mol. The molecule has 0 radical (unpaired) electrons. The van der Waals surface area contributed by atoms with Crippen LogP contribution in [0.5, 0.6) is 0 Å². The number of nitriles is 1. The van der Waals surface area contributed by atoms with Crippen molar-refractivity contribution in [3.8, 4) is 6.07 Å². The Kier molecular flexibility index (Phi) is 2.29. The van der Waals surface area contributed by atoms with Crippen LogP contribution in [0.2, 0.25) is 0 Å². The molecule has 3 amide bonds. The molecule has 1 aliphatic heterocycles. The van der Waals surface area contributed by atoms with Crippen molar-refractivity contribution in [3.63, 3.8) is 0 Å². The molecular formula is C10H6FN3O2. The Morgan fingerprint density at radius 1 is 1.38 bits per heavy atom. The van der Waals surface area contributed by atoms with Gasteiger partial charge in [-0.05, 0) is 17.7 Å². The molecule has 1 aromatic carbocycles. The van der Waals surface area contributed by atoms with Crippen molar-refractivity contribution in [2.75, 3.05) is 0 Å². The molecule has 0 aliphatic carbocycles. The molecule has 1 saturated heterocycles. The third-order valence-corrected chi connectivity index (χ3v) is 2.22. The lowest BCUT2D eigenvalue weighted by Gasteiger charge is -2.07. The Balaban J connectivity index is 2.39. The lowest BCUT2D eigenvalue weighted by Crippen LogP contribution is -2.22. The quantitative estimate of drug-likeness (QED) is 0.677. The summed E-state index contributed by atoms with van der Waals surface area (Å²) in [7, 11) is 0. The standard InChI is InChI=1S/C10H6FN3O2/c11-7-2-1-5(3-6(7)4-12)8-9(15)14-10(16)13-8/h1-3,8H,(H2,13,14,15,16). The van der Waals surface area contributed by atoms with E-state index in [1.54, 1.807) is 6.07 Å². The summed E-state index contributed by atoms with van der Waals surface area (Å²) in [6, 6.07) is 3.89. The molecule has 0 aromatic heterocycles. The van der Waals surface area contributed by atoms with Gasteiger partial charge in [0.25, 0.3) is 5.91 Å². The second-order valence-electron chi connectivity index (χ2n) is 3.25. The number of carbonyl (C=O) groups excluding carboxylic acids is 2. The van der Waals surface area contributed by atoms with E-state index in [2.05, 4.69) is 10.6 Å². The molecule has 1 atom stereocenters. The van der Waals surface area contributed by atoms with E-state index in [0.717, 1.165) is 6.07 Å². The van der Waals surface area contributed by atoms with Crippen molar-refractivity contribution in [2.45, 2.75) is 6.04 Å². The molecule has 1 aromatic rings. The maximum absolute atomic E-state index is 13.0. The zero-order valence-corrected chi connectivity index (χ0v) is 7.95. The predicted octanol–water partition coefficient (Wildman–Crippen LogP) is 0.578. The third kappa shape index (κ3) is 1.59. The van der Waals surface area contributed by atoms with Crippen LogP contribution >= 0.6 is 0 Å². The molecule has 2 rings (SSSR count). The summed E-state index contributed by atoms with van der Waals surface area (Å²) in [5.74, 6) is -1.17. The third-order valence-electron chi connectivity index (χ3n) is 2.22. The van der Waals surface area contributed by atoms with Crippen molar-refractivity contribution in [1.29, 1.82) is 5.26 Å². The van der Waals surface area contributed by atoms with Gasteiger partial charge < -0.3 is 5.32 Å². The van der Waals surface area contributed by atoms with E-state index < -0.39 is 23.8 Å². The highest BCUT2D eigenvalue weighted by Crippen LogP contribution is 2.19. The van der Waals surface area contributed by atoms with Crippen LogP contribution < -0.4 is 10.6 Å². The van der Waals surface area contributed by atoms with Crippen LogP contribution in [0.15, 0.2) is 18.2 Å². The summed E-state index contributed by atoms with van der Waals surface area (Å²) in [5.41, 5.74) is 0.216. The first-order valence-electron chi connectivity index (χ1n) is 4.42. The second-order valence-corrected chi connectivity index (χ2v) is 3.25. The molecule has 0 saturated carbocycles. The molecule has 1 aliphatic rings. The summed E-state index contributed by atoms with van der Waals surface area (Å²) in [5, 5.41) is 13.0. The van der Waals surface area contributed by atoms with Gasteiger partial charge in [-0.1, -0.05) is 6.07 Å². The van der Waals surface area contributed by atoms with Gasteiger partial charge in [0.2, 0.25) is 0 Å². The van der Waals surface area contributed by atoms with Gasteiger partial charge in [0.05, 0.1) is 5.56 Å². The first kappa shape index (κ1) is 10.1. The maximum Gasteiger partial charge on any atom is 0.322 e. The highest BCUT2D eigenvalue weighted by Gasteiger charge is 2.31. The number of carbonyl (C=O) groups is 2. The van der Waals surface area contributed by atoms with Gasteiger partial charge >= 0.3 is 6.03 Å². The van der Waals surface area contributed by atoms with Crippen LogP contribution in [-0.2, 0) is 4.79 Å². The average Bonchev–Trinajstić information content (AvgIpc) is 2.59. The van der Waals surface area contributed by atoms with E-state index in [-0.39, 0.29) is 5.56 Å². The van der Waals surface area contributed by atoms with Crippen molar-refractivity contribution in [1.82, 2.24) is 10.6 Å². The number of amides is 3. The molecule has 1 fully saturated rings.